The highest BCUT2D eigenvalue weighted by molar-refractivity contribution is 6.20. The van der Waals surface area contributed by atoms with Gasteiger partial charge >= 0.3 is 0 Å². The molecule has 0 radical (unpaired) electrons. The predicted molar refractivity (Wildman–Crippen MR) is 119 cm³/mol. The molecule has 3 aromatic rings. The molecule has 0 spiro atoms. The van der Waals surface area contributed by atoms with Crippen molar-refractivity contribution in [2.24, 2.45) is 4.99 Å². The molecule has 1 aliphatic rings. The average molecular weight is 431 g/mol. The van der Waals surface area contributed by atoms with E-state index in [4.69, 9.17) is 0 Å². The van der Waals surface area contributed by atoms with Gasteiger partial charge in [-0.25, -0.2) is 13.8 Å². The molecule has 1 aliphatic heterocycles. The van der Waals surface area contributed by atoms with E-state index in [1.165, 1.54) is 17.0 Å². The molecule has 7 heteroatoms. The van der Waals surface area contributed by atoms with Crippen molar-refractivity contribution in [3.8, 4) is 0 Å². The van der Waals surface area contributed by atoms with Gasteiger partial charge in [-0.2, -0.15) is 0 Å². The van der Waals surface area contributed by atoms with Crippen molar-refractivity contribution in [1.29, 1.82) is 0 Å². The highest BCUT2D eigenvalue weighted by atomic mass is 19.1. The van der Waals surface area contributed by atoms with E-state index in [1.54, 1.807) is 7.05 Å². The number of nitrogens with one attached hydrogen (secondary N) is 1. The van der Waals surface area contributed by atoms with E-state index in [-0.39, 0.29) is 5.56 Å². The van der Waals surface area contributed by atoms with Gasteiger partial charge in [0.05, 0.1) is 11.4 Å². The number of amides is 2. The summed E-state index contributed by atoms with van der Waals surface area (Å²) >= 11 is 0. The van der Waals surface area contributed by atoms with Gasteiger partial charge in [0.25, 0.3) is 5.91 Å². The number of fused-ring (bicyclic) bond motifs is 1. The number of carbonyl (C=O) groups is 2. The van der Waals surface area contributed by atoms with Crippen molar-refractivity contribution in [3.63, 3.8) is 0 Å². The van der Waals surface area contributed by atoms with Gasteiger partial charge in [-0.05, 0) is 24.3 Å². The number of para-hydroxylation sites is 1. The maximum Gasteiger partial charge on any atom is 0.272 e. The van der Waals surface area contributed by atoms with Crippen molar-refractivity contribution in [2.75, 3.05) is 11.9 Å². The first-order valence-corrected chi connectivity index (χ1v) is 9.88. The quantitative estimate of drug-likeness (QED) is 0.637. The van der Waals surface area contributed by atoms with Gasteiger partial charge < -0.3 is 10.2 Å². The molecule has 32 heavy (non-hydrogen) atoms. The second kappa shape index (κ2) is 8.93. The fraction of sp³-hybridized carbons (Fsp3) is 0.0800. The summed E-state index contributed by atoms with van der Waals surface area (Å²) in [6, 6.07) is 19.8. The van der Waals surface area contributed by atoms with Crippen LogP contribution in [0, 0.1) is 11.6 Å². The molecule has 0 aromatic heterocycles. The highest BCUT2D eigenvalue weighted by Crippen LogP contribution is 2.27. The standard InChI is InChI=1S/C25H19F2N3O2/c1-30-21-10-6-5-9-19(21)23(17-7-3-2-4-8-17)29-24(25(30)32)28-22(31)14-12-16-11-13-18(26)15-20(16)27/h2-15,24H,1H3,(H,28,31)/t24-/m1/s1. The molecule has 0 unspecified atom stereocenters. The Morgan fingerprint density at radius 3 is 2.50 bits per heavy atom. The fourth-order valence-electron chi connectivity index (χ4n) is 3.43. The molecule has 0 bridgehead atoms. The summed E-state index contributed by atoms with van der Waals surface area (Å²) < 4.78 is 26.9. The number of hydrogen-bond donors (Lipinski definition) is 1. The van der Waals surface area contributed by atoms with Crippen molar-refractivity contribution in [2.45, 2.75) is 6.17 Å². The molecule has 0 fully saturated rings. The number of rotatable bonds is 4. The minimum atomic E-state index is -1.18. The number of halogens is 2. The van der Waals surface area contributed by atoms with E-state index < -0.39 is 29.6 Å². The Morgan fingerprint density at radius 1 is 1.03 bits per heavy atom. The number of likely N-dealkylation sites (N-methyl/N-ethyl adjacent to an activating group) is 1. The lowest BCUT2D eigenvalue weighted by Crippen LogP contribution is -2.45. The van der Waals surface area contributed by atoms with Crippen molar-refractivity contribution in [1.82, 2.24) is 5.32 Å². The van der Waals surface area contributed by atoms with Gasteiger partial charge in [-0.3, -0.25) is 9.59 Å². The first-order valence-electron chi connectivity index (χ1n) is 9.88. The Balaban J connectivity index is 1.66. The van der Waals surface area contributed by atoms with Crippen LogP contribution in [0.25, 0.3) is 6.08 Å². The lowest BCUT2D eigenvalue weighted by molar-refractivity contribution is -0.124. The number of hydrogen-bond acceptors (Lipinski definition) is 3. The largest absolute Gasteiger partial charge is 0.323 e. The Hall–Kier alpha value is -4.13. The molecule has 0 saturated carbocycles. The van der Waals surface area contributed by atoms with E-state index in [1.807, 2.05) is 54.6 Å². The number of anilines is 1. The Bertz CT molecular complexity index is 1240. The summed E-state index contributed by atoms with van der Waals surface area (Å²) in [6.45, 7) is 0. The summed E-state index contributed by atoms with van der Waals surface area (Å²) in [6.07, 6.45) is 1.11. The van der Waals surface area contributed by atoms with Crippen LogP contribution >= 0.6 is 0 Å². The zero-order valence-corrected chi connectivity index (χ0v) is 17.1. The molecular formula is C25H19F2N3O2. The van der Waals surface area contributed by atoms with Crippen LogP contribution in [-0.4, -0.2) is 30.7 Å². The zero-order valence-electron chi connectivity index (χ0n) is 17.1. The maximum absolute atomic E-state index is 13.8. The van der Waals surface area contributed by atoms with E-state index in [2.05, 4.69) is 10.3 Å². The van der Waals surface area contributed by atoms with Crippen molar-refractivity contribution >= 4 is 29.3 Å². The molecule has 1 atom stereocenters. The molecule has 3 aromatic carbocycles. The van der Waals surface area contributed by atoms with Crippen LogP contribution in [0.4, 0.5) is 14.5 Å². The third kappa shape index (κ3) is 4.32. The Morgan fingerprint density at radius 2 is 1.75 bits per heavy atom. The molecule has 0 aliphatic carbocycles. The normalized spacial score (nSPS) is 15.8. The molecule has 5 nitrogen and oxygen atoms in total. The third-order valence-electron chi connectivity index (χ3n) is 5.05. The summed E-state index contributed by atoms with van der Waals surface area (Å²) in [5, 5.41) is 2.57. The van der Waals surface area contributed by atoms with E-state index in [0.717, 1.165) is 29.3 Å². The number of carbonyl (C=O) groups excluding carboxylic acids is 2. The minimum Gasteiger partial charge on any atom is -0.323 e. The topological polar surface area (TPSA) is 61.8 Å². The van der Waals surface area contributed by atoms with Gasteiger partial charge in [0.2, 0.25) is 12.1 Å². The van der Waals surface area contributed by atoms with Gasteiger partial charge in [-0.1, -0.05) is 48.5 Å². The second-order valence-electron chi connectivity index (χ2n) is 7.17. The fourth-order valence-corrected chi connectivity index (χ4v) is 3.43. The monoisotopic (exact) mass is 431 g/mol. The van der Waals surface area contributed by atoms with Crippen LogP contribution < -0.4 is 10.2 Å². The van der Waals surface area contributed by atoms with E-state index in [9.17, 15) is 18.4 Å². The summed E-state index contributed by atoms with van der Waals surface area (Å²) in [7, 11) is 1.62. The first-order chi connectivity index (χ1) is 15.4. The van der Waals surface area contributed by atoms with Crippen LogP contribution in [0.15, 0.2) is 83.9 Å². The predicted octanol–water partition coefficient (Wildman–Crippen LogP) is 3.93. The van der Waals surface area contributed by atoms with E-state index >= 15 is 0 Å². The van der Waals surface area contributed by atoms with Gasteiger partial charge in [-0.15, -0.1) is 0 Å². The molecular weight excluding hydrogens is 412 g/mol. The number of benzodiazepines with no additional fused rings is 1. The lowest BCUT2D eigenvalue weighted by atomic mass is 10.0. The molecule has 1 N–H and O–H groups in total. The third-order valence-corrected chi connectivity index (χ3v) is 5.05. The number of nitrogens with zero attached hydrogens (tertiary/aromatic N) is 2. The molecule has 0 saturated heterocycles. The van der Waals surface area contributed by atoms with Crippen LogP contribution in [0.5, 0.6) is 0 Å². The number of benzene rings is 3. The SMILES string of the molecule is CN1C(=O)[C@H](NC(=O)C=Cc2ccc(F)cc2F)N=C(c2ccccc2)c2ccccc21. The van der Waals surface area contributed by atoms with Crippen LogP contribution in [0.2, 0.25) is 0 Å². The molecule has 2 amide bonds. The molecule has 4 rings (SSSR count). The Kier molecular flexibility index (Phi) is 5.89. The van der Waals surface area contributed by atoms with Crippen LogP contribution in [0.3, 0.4) is 0 Å². The summed E-state index contributed by atoms with van der Waals surface area (Å²) in [5.74, 6) is -2.56. The second-order valence-corrected chi connectivity index (χ2v) is 7.17. The van der Waals surface area contributed by atoms with Gasteiger partial charge in [0, 0.05) is 35.9 Å². The summed E-state index contributed by atoms with van der Waals surface area (Å²) in [4.78, 5) is 31.6. The van der Waals surface area contributed by atoms with Gasteiger partial charge in [0.15, 0.2) is 0 Å². The van der Waals surface area contributed by atoms with Crippen LogP contribution in [-0.2, 0) is 9.59 Å². The molecule has 1 heterocycles. The first kappa shape index (κ1) is 21.1. The smallest absolute Gasteiger partial charge is 0.272 e. The van der Waals surface area contributed by atoms with Crippen LogP contribution in [0.1, 0.15) is 16.7 Å². The lowest BCUT2D eigenvalue weighted by Gasteiger charge is -2.20. The molecule has 160 valence electrons. The number of aliphatic imine (C=N–C) groups is 1. The highest BCUT2D eigenvalue weighted by Gasteiger charge is 2.30. The minimum absolute atomic E-state index is 0.0479. The van der Waals surface area contributed by atoms with Gasteiger partial charge in [0.1, 0.15) is 11.6 Å². The zero-order chi connectivity index (χ0) is 22.7. The average Bonchev–Trinajstić information content (AvgIpc) is 2.90. The van der Waals surface area contributed by atoms with E-state index in [0.29, 0.717) is 11.4 Å². The Labute approximate surface area is 183 Å². The van der Waals surface area contributed by atoms with Crippen molar-refractivity contribution < 1.29 is 18.4 Å². The van der Waals surface area contributed by atoms with Crippen molar-refractivity contribution in [3.05, 3.63) is 107 Å². The summed E-state index contributed by atoms with van der Waals surface area (Å²) in [5.41, 5.74) is 2.84. The maximum atomic E-state index is 13.8.